The van der Waals surface area contributed by atoms with Crippen LogP contribution in [0.4, 0.5) is 0 Å². The number of hydrogen-bond donors (Lipinski definition) is 0. The quantitative estimate of drug-likeness (QED) is 0.295. The molecule has 0 unspecified atom stereocenters. The number of para-hydroxylation sites is 1. The average molecular weight is 515 g/mol. The molecule has 0 radical (unpaired) electrons. The van der Waals surface area contributed by atoms with Crippen molar-refractivity contribution in [1.82, 2.24) is 9.88 Å². The molecule has 0 N–H and O–H groups in total. The zero-order valence-corrected chi connectivity index (χ0v) is 21.6. The zero-order valence-electron chi connectivity index (χ0n) is 21.6. The Labute approximate surface area is 221 Å². The molecule has 0 aliphatic carbocycles. The van der Waals surface area contributed by atoms with Crippen LogP contribution in [0, 0.1) is 0 Å². The van der Waals surface area contributed by atoms with Crippen LogP contribution in [0.1, 0.15) is 17.4 Å². The van der Waals surface area contributed by atoms with Crippen molar-refractivity contribution in [1.29, 1.82) is 0 Å². The van der Waals surface area contributed by atoms with Gasteiger partial charge in [-0.25, -0.2) is 4.98 Å². The molecule has 1 aliphatic heterocycles. The number of rotatable bonds is 9. The summed E-state index contributed by atoms with van der Waals surface area (Å²) in [6.07, 6.45) is -1.24. The maximum absolute atomic E-state index is 12.7. The van der Waals surface area contributed by atoms with E-state index in [4.69, 9.17) is 23.7 Å². The minimum absolute atomic E-state index is 0.145. The second-order valence-electron chi connectivity index (χ2n) is 9.27. The summed E-state index contributed by atoms with van der Waals surface area (Å²) in [7, 11) is 5.24. The highest BCUT2D eigenvalue weighted by molar-refractivity contribution is 5.78. The van der Waals surface area contributed by atoms with E-state index in [1.165, 1.54) is 0 Å². The molecule has 38 heavy (non-hydrogen) atoms. The van der Waals surface area contributed by atoms with Gasteiger partial charge in [0.15, 0.2) is 12.2 Å². The van der Waals surface area contributed by atoms with Gasteiger partial charge in [-0.1, -0.05) is 24.3 Å². The molecule has 8 heteroatoms. The molecule has 5 rings (SSSR count). The molecule has 8 nitrogen and oxygen atoms in total. The van der Waals surface area contributed by atoms with Crippen LogP contribution in [-0.2, 0) is 16.1 Å². The van der Waals surface area contributed by atoms with Crippen molar-refractivity contribution in [2.45, 2.75) is 18.8 Å². The van der Waals surface area contributed by atoms with Gasteiger partial charge in [0, 0.05) is 10.9 Å². The van der Waals surface area contributed by atoms with Crippen molar-refractivity contribution in [2.24, 2.45) is 0 Å². The Morgan fingerprint density at radius 1 is 0.974 bits per heavy atom. The topological polar surface area (TPSA) is 79.4 Å². The largest absolute Gasteiger partial charge is 0.497 e. The van der Waals surface area contributed by atoms with Gasteiger partial charge in [-0.05, 0) is 68.7 Å². The number of pyridine rings is 1. The highest BCUT2D eigenvalue weighted by atomic mass is 16.6. The molecule has 4 aromatic rings. The van der Waals surface area contributed by atoms with E-state index in [0.717, 1.165) is 22.3 Å². The van der Waals surface area contributed by atoms with Crippen LogP contribution >= 0.6 is 0 Å². The second-order valence-corrected chi connectivity index (χ2v) is 9.27. The summed E-state index contributed by atoms with van der Waals surface area (Å²) in [5.74, 6) is 2.22. The van der Waals surface area contributed by atoms with Gasteiger partial charge in [-0.2, -0.15) is 0 Å². The van der Waals surface area contributed by atoms with Crippen molar-refractivity contribution in [3.05, 3.63) is 90.1 Å². The van der Waals surface area contributed by atoms with E-state index in [0.29, 0.717) is 29.4 Å². The molecule has 196 valence electrons. The Balaban J connectivity index is 1.37. The highest BCUT2D eigenvalue weighted by Gasteiger charge is 2.36. The van der Waals surface area contributed by atoms with Crippen molar-refractivity contribution in [2.75, 3.05) is 34.4 Å². The predicted octanol–water partition coefficient (Wildman–Crippen LogP) is 4.81. The number of methoxy groups -OCH3 is 1. The van der Waals surface area contributed by atoms with Crippen LogP contribution < -0.4 is 18.9 Å². The van der Waals surface area contributed by atoms with Gasteiger partial charge in [-0.15, -0.1) is 0 Å². The zero-order chi connectivity index (χ0) is 26.5. The smallest absolute Gasteiger partial charge is 0.320 e. The van der Waals surface area contributed by atoms with Gasteiger partial charge in [0.2, 0.25) is 0 Å². The van der Waals surface area contributed by atoms with E-state index in [-0.39, 0.29) is 19.1 Å². The Hall–Kier alpha value is -4.30. The summed E-state index contributed by atoms with van der Waals surface area (Å²) in [6, 6.07) is 24.7. The van der Waals surface area contributed by atoms with E-state index >= 15 is 0 Å². The van der Waals surface area contributed by atoms with Crippen molar-refractivity contribution >= 4 is 16.9 Å². The molecule has 1 aromatic heterocycles. The van der Waals surface area contributed by atoms with Gasteiger partial charge >= 0.3 is 5.97 Å². The fraction of sp³-hybridized carbons (Fsp3) is 0.267. The number of carbonyl (C=O) groups is 1. The number of hydrogen-bond acceptors (Lipinski definition) is 8. The van der Waals surface area contributed by atoms with Crippen LogP contribution in [0.25, 0.3) is 10.9 Å². The average Bonchev–Trinajstić information content (AvgIpc) is 2.93. The molecule has 1 aliphatic rings. The minimum atomic E-state index is -0.685. The lowest BCUT2D eigenvalue weighted by molar-refractivity contribution is -0.157. The molecule has 0 fully saturated rings. The summed E-state index contributed by atoms with van der Waals surface area (Å²) < 4.78 is 29.5. The summed E-state index contributed by atoms with van der Waals surface area (Å²) >= 11 is 0. The molecular weight excluding hydrogens is 484 g/mol. The number of fused-ring (bicyclic) bond motifs is 2. The molecule has 0 spiro atoms. The Bertz CT molecular complexity index is 1410. The Morgan fingerprint density at radius 2 is 1.74 bits per heavy atom. The van der Waals surface area contributed by atoms with Crippen molar-refractivity contribution in [3.8, 4) is 23.0 Å². The summed E-state index contributed by atoms with van der Waals surface area (Å²) in [5, 5.41) is 1.08. The summed E-state index contributed by atoms with van der Waals surface area (Å²) in [6.45, 7) is 0.660. The van der Waals surface area contributed by atoms with Crippen LogP contribution in [0.5, 0.6) is 23.0 Å². The molecule has 2 heterocycles. The van der Waals surface area contributed by atoms with Gasteiger partial charge in [0.1, 0.15) is 36.2 Å². The minimum Gasteiger partial charge on any atom is -0.497 e. The molecule has 0 saturated carbocycles. The number of aromatic nitrogens is 1. The standard InChI is InChI=1S/C30H30N2O6/c1-32(2)17-29(33)38-30-25-16-24(35-18-21-9-8-20-6-4-5-7-26(20)31-21)14-15-27(25)36-19-28(30)37-23-12-10-22(34-3)11-13-23/h4-16,28,30H,17-19H2,1-3H3/t28-,30+/m0/s1. The van der Waals surface area contributed by atoms with Crippen molar-refractivity contribution in [3.63, 3.8) is 0 Å². The third-order valence-electron chi connectivity index (χ3n) is 6.12. The Morgan fingerprint density at radius 3 is 2.53 bits per heavy atom. The lowest BCUT2D eigenvalue weighted by Gasteiger charge is -2.33. The molecular formula is C30H30N2O6. The number of nitrogens with zero attached hydrogens (tertiary/aromatic N) is 2. The molecule has 0 amide bonds. The molecule has 0 bridgehead atoms. The molecule has 3 aromatic carbocycles. The van der Waals surface area contributed by atoms with Crippen LogP contribution in [-0.4, -0.2) is 56.3 Å². The van der Waals surface area contributed by atoms with E-state index in [2.05, 4.69) is 4.98 Å². The van der Waals surface area contributed by atoms with Gasteiger partial charge in [0.25, 0.3) is 0 Å². The van der Waals surface area contributed by atoms with E-state index in [1.807, 2.05) is 93.0 Å². The lowest BCUT2D eigenvalue weighted by atomic mass is 10.00. The fourth-order valence-electron chi connectivity index (χ4n) is 4.28. The van der Waals surface area contributed by atoms with Gasteiger partial charge in [0.05, 0.1) is 24.9 Å². The third kappa shape index (κ3) is 5.98. The fourth-order valence-corrected chi connectivity index (χ4v) is 4.28. The van der Waals surface area contributed by atoms with Crippen LogP contribution in [0.2, 0.25) is 0 Å². The summed E-state index contributed by atoms with van der Waals surface area (Å²) in [5.41, 5.74) is 2.41. The van der Waals surface area contributed by atoms with Gasteiger partial charge < -0.3 is 23.7 Å². The first-order valence-corrected chi connectivity index (χ1v) is 12.4. The number of esters is 1. The summed E-state index contributed by atoms with van der Waals surface area (Å²) in [4.78, 5) is 19.1. The number of ether oxygens (including phenoxy) is 5. The first kappa shape index (κ1) is 25.4. The van der Waals surface area contributed by atoms with Gasteiger partial charge in [-0.3, -0.25) is 9.69 Å². The molecule has 2 atom stereocenters. The number of benzene rings is 3. The first-order chi connectivity index (χ1) is 18.5. The highest BCUT2D eigenvalue weighted by Crippen LogP contribution is 2.39. The predicted molar refractivity (Wildman–Crippen MR) is 143 cm³/mol. The normalized spacial score (nSPS) is 16.4. The Kier molecular flexibility index (Phi) is 7.60. The van der Waals surface area contributed by atoms with Crippen LogP contribution in [0.15, 0.2) is 78.9 Å². The second kappa shape index (κ2) is 11.4. The maximum Gasteiger partial charge on any atom is 0.320 e. The number of likely N-dealkylation sites (N-methyl/N-ethyl adjacent to an activating group) is 1. The third-order valence-corrected chi connectivity index (χ3v) is 6.12. The van der Waals surface area contributed by atoms with Crippen molar-refractivity contribution < 1.29 is 28.5 Å². The molecule has 0 saturated heterocycles. The van der Waals surface area contributed by atoms with E-state index in [1.54, 1.807) is 12.0 Å². The maximum atomic E-state index is 12.7. The van der Waals surface area contributed by atoms with Crippen LogP contribution in [0.3, 0.4) is 0 Å². The number of carbonyl (C=O) groups excluding carboxylic acids is 1. The monoisotopic (exact) mass is 514 g/mol. The van der Waals surface area contributed by atoms with E-state index < -0.39 is 12.2 Å². The lowest BCUT2D eigenvalue weighted by Crippen LogP contribution is -2.39. The first-order valence-electron chi connectivity index (χ1n) is 12.4. The van der Waals surface area contributed by atoms with E-state index in [9.17, 15) is 4.79 Å². The SMILES string of the molecule is COc1ccc(O[C@H]2COc3ccc(OCc4ccc5ccccc5n4)cc3[C@H]2OC(=O)CN(C)C)cc1.